The Balaban J connectivity index is 1.82. The third-order valence-electron chi connectivity index (χ3n) is 3.99. The molecule has 1 aromatic heterocycles. The largest absolute Gasteiger partial charge is 0.477 e. The number of aromatic nitrogens is 2. The number of fused-ring (bicyclic) bond motifs is 1. The van der Waals surface area contributed by atoms with Gasteiger partial charge in [-0.15, -0.1) is 0 Å². The van der Waals surface area contributed by atoms with Gasteiger partial charge in [-0.1, -0.05) is 17.7 Å². The van der Waals surface area contributed by atoms with Gasteiger partial charge in [0.2, 0.25) is 5.88 Å². The van der Waals surface area contributed by atoms with E-state index in [2.05, 4.69) is 10.4 Å². The third-order valence-corrected chi connectivity index (χ3v) is 4.28. The predicted octanol–water partition coefficient (Wildman–Crippen LogP) is 3.02. The fourth-order valence-corrected chi connectivity index (χ4v) is 2.86. The summed E-state index contributed by atoms with van der Waals surface area (Å²) < 4.78 is 20.9. The zero-order valence-electron chi connectivity index (χ0n) is 12.3. The Morgan fingerprint density at radius 1 is 1.43 bits per heavy atom. The Hall–Kier alpha value is -2.08. The molecule has 4 rings (SSSR count). The van der Waals surface area contributed by atoms with Crippen molar-refractivity contribution in [2.45, 2.75) is 31.8 Å². The molecule has 1 N–H and O–H groups in total. The minimum atomic E-state index is -0.499. The molecule has 0 radical (unpaired) electrons. The van der Waals surface area contributed by atoms with Gasteiger partial charge in [-0.25, -0.2) is 9.07 Å². The third kappa shape index (κ3) is 2.67. The van der Waals surface area contributed by atoms with Gasteiger partial charge in [0, 0.05) is 19.0 Å². The van der Waals surface area contributed by atoms with Crippen LogP contribution in [0.5, 0.6) is 5.88 Å². The van der Waals surface area contributed by atoms with Gasteiger partial charge in [0.25, 0.3) is 5.91 Å². The molecule has 120 valence electrons. The number of hydrogen-bond acceptors (Lipinski definition) is 3. The Morgan fingerprint density at radius 2 is 2.26 bits per heavy atom. The van der Waals surface area contributed by atoms with Crippen molar-refractivity contribution >= 4 is 17.5 Å². The summed E-state index contributed by atoms with van der Waals surface area (Å²) in [6, 6.07) is 4.60. The summed E-state index contributed by atoms with van der Waals surface area (Å²) in [5.41, 5.74) is 1.50. The van der Waals surface area contributed by atoms with E-state index in [-0.39, 0.29) is 17.0 Å². The fourth-order valence-electron chi connectivity index (χ4n) is 2.68. The maximum atomic E-state index is 13.5. The number of hydrogen-bond donors (Lipinski definition) is 1. The van der Waals surface area contributed by atoms with E-state index in [0.29, 0.717) is 35.9 Å². The molecule has 1 saturated carbocycles. The molecule has 0 saturated heterocycles. The topological polar surface area (TPSA) is 56.2 Å². The van der Waals surface area contributed by atoms with Crippen LogP contribution in [0.1, 0.15) is 29.8 Å². The normalized spacial score (nSPS) is 16.6. The van der Waals surface area contributed by atoms with E-state index in [1.54, 1.807) is 10.7 Å². The number of carbonyl (C=O) groups excluding carboxylic acids is 1. The van der Waals surface area contributed by atoms with E-state index < -0.39 is 5.82 Å². The van der Waals surface area contributed by atoms with Crippen molar-refractivity contribution in [1.82, 2.24) is 15.1 Å². The fraction of sp³-hybridized carbons (Fsp3) is 0.375. The van der Waals surface area contributed by atoms with E-state index in [1.165, 1.54) is 12.1 Å². The van der Waals surface area contributed by atoms with Crippen LogP contribution in [-0.4, -0.2) is 28.3 Å². The average molecular weight is 336 g/mol. The Bertz CT molecular complexity index is 786. The highest BCUT2D eigenvalue weighted by molar-refractivity contribution is 6.31. The average Bonchev–Trinajstić information content (AvgIpc) is 3.27. The molecule has 1 fully saturated rings. The molecule has 0 atom stereocenters. The molecular formula is C16H15ClFN3O2. The van der Waals surface area contributed by atoms with Crippen molar-refractivity contribution in [2.24, 2.45) is 0 Å². The number of ether oxygens (including phenoxy) is 1. The van der Waals surface area contributed by atoms with Gasteiger partial charge in [-0.05, 0) is 30.5 Å². The van der Waals surface area contributed by atoms with Crippen LogP contribution in [0.3, 0.4) is 0 Å². The number of halogens is 2. The lowest BCUT2D eigenvalue weighted by molar-refractivity contribution is 0.0945. The van der Waals surface area contributed by atoms with Crippen LogP contribution in [0, 0.1) is 5.82 Å². The number of amides is 1. The van der Waals surface area contributed by atoms with Crippen molar-refractivity contribution < 1.29 is 13.9 Å². The van der Waals surface area contributed by atoms with Crippen LogP contribution >= 0.6 is 11.6 Å². The zero-order valence-corrected chi connectivity index (χ0v) is 13.1. The van der Waals surface area contributed by atoms with E-state index >= 15 is 0 Å². The lowest BCUT2D eigenvalue weighted by Crippen LogP contribution is -2.26. The Morgan fingerprint density at radius 3 is 3.00 bits per heavy atom. The van der Waals surface area contributed by atoms with Gasteiger partial charge < -0.3 is 10.1 Å². The lowest BCUT2D eigenvalue weighted by Gasteiger charge is -2.16. The second-order valence-corrected chi connectivity index (χ2v) is 6.24. The first-order valence-corrected chi connectivity index (χ1v) is 8.01. The van der Waals surface area contributed by atoms with Crippen LogP contribution in [0.2, 0.25) is 5.02 Å². The van der Waals surface area contributed by atoms with Gasteiger partial charge in [0.05, 0.1) is 17.2 Å². The Labute approximate surface area is 137 Å². The van der Waals surface area contributed by atoms with Crippen molar-refractivity contribution in [3.05, 3.63) is 34.7 Å². The summed E-state index contributed by atoms with van der Waals surface area (Å²) in [5, 5.41) is 7.35. The quantitative estimate of drug-likeness (QED) is 0.938. The molecule has 0 spiro atoms. The van der Waals surface area contributed by atoms with E-state index in [0.717, 1.165) is 19.3 Å². The number of nitrogens with one attached hydrogen (secondary N) is 1. The molecule has 5 nitrogen and oxygen atoms in total. The smallest absolute Gasteiger partial charge is 0.272 e. The monoisotopic (exact) mass is 335 g/mol. The van der Waals surface area contributed by atoms with Crippen molar-refractivity contribution in [3.8, 4) is 17.0 Å². The highest BCUT2D eigenvalue weighted by Crippen LogP contribution is 2.37. The second kappa shape index (κ2) is 5.53. The molecule has 2 aliphatic rings. The molecular weight excluding hydrogens is 321 g/mol. The molecule has 7 heteroatoms. The van der Waals surface area contributed by atoms with Crippen LogP contribution in [-0.2, 0) is 6.54 Å². The first-order valence-electron chi connectivity index (χ1n) is 7.63. The van der Waals surface area contributed by atoms with Crippen molar-refractivity contribution in [1.29, 1.82) is 0 Å². The number of benzene rings is 1. The minimum Gasteiger partial charge on any atom is -0.477 e. The number of aryl methyl sites for hydroxylation is 1. The van der Waals surface area contributed by atoms with Crippen LogP contribution in [0.4, 0.5) is 4.39 Å². The van der Waals surface area contributed by atoms with Gasteiger partial charge >= 0.3 is 0 Å². The highest BCUT2D eigenvalue weighted by Gasteiger charge is 2.31. The highest BCUT2D eigenvalue weighted by atomic mass is 35.5. The van der Waals surface area contributed by atoms with Gasteiger partial charge in [0.1, 0.15) is 5.82 Å². The molecule has 1 aliphatic heterocycles. The summed E-state index contributed by atoms with van der Waals surface area (Å²) in [5.74, 6) is -0.185. The summed E-state index contributed by atoms with van der Waals surface area (Å²) in [6.45, 7) is 1.26. The standard InChI is InChI=1S/C16H15ClFN3O2/c17-11-8-9(2-5-12(11)18)13-14(15(22)19-10-3-4-10)20-21-6-1-7-23-16(13)21/h2,5,8,10H,1,3-4,6-7H2,(H,19,22). The molecule has 0 bridgehead atoms. The molecule has 23 heavy (non-hydrogen) atoms. The SMILES string of the molecule is O=C(NC1CC1)c1nn2c(c1-c1ccc(F)c(Cl)c1)OCCC2. The lowest BCUT2D eigenvalue weighted by atomic mass is 10.0. The second-order valence-electron chi connectivity index (χ2n) is 5.83. The maximum absolute atomic E-state index is 13.5. The van der Waals surface area contributed by atoms with E-state index in [9.17, 15) is 9.18 Å². The first-order chi connectivity index (χ1) is 11.1. The number of carbonyl (C=O) groups is 1. The molecule has 1 amide bonds. The van der Waals surface area contributed by atoms with Crippen molar-refractivity contribution in [2.75, 3.05) is 6.61 Å². The summed E-state index contributed by atoms with van der Waals surface area (Å²) in [6.07, 6.45) is 2.82. The van der Waals surface area contributed by atoms with Crippen LogP contribution in [0.25, 0.3) is 11.1 Å². The number of nitrogens with zero attached hydrogens (tertiary/aromatic N) is 2. The maximum Gasteiger partial charge on any atom is 0.272 e. The van der Waals surface area contributed by atoms with Crippen LogP contribution in [0.15, 0.2) is 18.2 Å². The molecule has 1 aliphatic carbocycles. The summed E-state index contributed by atoms with van der Waals surface area (Å²) >= 11 is 5.90. The summed E-state index contributed by atoms with van der Waals surface area (Å²) in [4.78, 5) is 12.5. The van der Waals surface area contributed by atoms with Gasteiger partial charge in [-0.3, -0.25) is 4.79 Å². The molecule has 1 aromatic carbocycles. The minimum absolute atomic E-state index is 0.00631. The molecule has 0 unspecified atom stereocenters. The van der Waals surface area contributed by atoms with E-state index in [1.807, 2.05) is 0 Å². The molecule has 2 heterocycles. The van der Waals surface area contributed by atoms with Gasteiger partial charge in [-0.2, -0.15) is 5.10 Å². The van der Waals surface area contributed by atoms with Crippen molar-refractivity contribution in [3.63, 3.8) is 0 Å². The predicted molar refractivity (Wildman–Crippen MR) is 83.2 cm³/mol. The summed E-state index contributed by atoms with van der Waals surface area (Å²) in [7, 11) is 0. The molecule has 2 aromatic rings. The van der Waals surface area contributed by atoms with E-state index in [4.69, 9.17) is 16.3 Å². The first kappa shape index (κ1) is 14.5. The Kier molecular flexibility index (Phi) is 3.49. The van der Waals surface area contributed by atoms with Crippen LogP contribution < -0.4 is 10.1 Å². The zero-order chi connectivity index (χ0) is 16.0. The number of rotatable bonds is 3. The van der Waals surface area contributed by atoms with Gasteiger partial charge in [0.15, 0.2) is 5.69 Å².